The summed E-state index contributed by atoms with van der Waals surface area (Å²) in [6.45, 7) is 6.20. The van der Waals surface area contributed by atoms with Gasteiger partial charge in [0.05, 0.1) is 4.90 Å². The first-order chi connectivity index (χ1) is 15.7. The summed E-state index contributed by atoms with van der Waals surface area (Å²) in [4.78, 5) is 2.43. The zero-order valence-electron chi connectivity index (χ0n) is 19.5. The van der Waals surface area contributed by atoms with Gasteiger partial charge in [0.1, 0.15) is 5.72 Å². The topological polar surface area (TPSA) is 108 Å². The van der Waals surface area contributed by atoms with Gasteiger partial charge in [0.25, 0.3) is 0 Å². The Labute approximate surface area is 197 Å². The number of nitrogens with two attached hydrogens (primary N) is 1. The van der Waals surface area contributed by atoms with Gasteiger partial charge in [-0.15, -0.1) is 0 Å². The van der Waals surface area contributed by atoms with Gasteiger partial charge in [-0.05, 0) is 62.8 Å². The summed E-state index contributed by atoms with van der Waals surface area (Å²) in [7, 11) is -3.63. The lowest BCUT2D eigenvalue weighted by Gasteiger charge is -2.50. The van der Waals surface area contributed by atoms with Crippen molar-refractivity contribution >= 4 is 15.7 Å². The number of hydrogen-bond acceptors (Lipinski definition) is 6. The van der Waals surface area contributed by atoms with Crippen molar-refractivity contribution in [2.75, 3.05) is 25.4 Å². The molecule has 0 amide bonds. The number of hydrogen-bond donors (Lipinski definition) is 4. The third-order valence-electron chi connectivity index (χ3n) is 7.39. The van der Waals surface area contributed by atoms with E-state index in [1.54, 1.807) is 12.1 Å². The quantitative estimate of drug-likeness (QED) is 0.482. The molecule has 1 heterocycles. The van der Waals surface area contributed by atoms with Gasteiger partial charge in [0.2, 0.25) is 10.0 Å². The molecule has 0 bridgehead atoms. The van der Waals surface area contributed by atoms with E-state index in [0.717, 1.165) is 38.0 Å². The van der Waals surface area contributed by atoms with Crippen molar-refractivity contribution in [3.63, 3.8) is 0 Å². The van der Waals surface area contributed by atoms with Crippen LogP contribution in [0.5, 0.6) is 0 Å². The lowest BCUT2D eigenvalue weighted by atomic mass is 9.78. The molecule has 180 valence electrons. The van der Waals surface area contributed by atoms with Crippen molar-refractivity contribution in [3.8, 4) is 0 Å². The number of anilines is 1. The van der Waals surface area contributed by atoms with Crippen LogP contribution in [-0.4, -0.2) is 49.8 Å². The fourth-order valence-corrected chi connectivity index (χ4v) is 6.62. The smallest absolute Gasteiger partial charge is 0.240 e. The lowest BCUT2D eigenvalue weighted by molar-refractivity contribution is -0.168. The Balaban J connectivity index is 1.41. The van der Waals surface area contributed by atoms with Gasteiger partial charge in [0, 0.05) is 43.3 Å². The number of sulfonamides is 1. The molecule has 33 heavy (non-hydrogen) atoms. The van der Waals surface area contributed by atoms with Crippen LogP contribution in [0.1, 0.15) is 49.8 Å². The number of aliphatic hydroxyl groups is 1. The van der Waals surface area contributed by atoms with E-state index >= 15 is 0 Å². The van der Waals surface area contributed by atoms with Crippen LogP contribution in [0.15, 0.2) is 53.4 Å². The van der Waals surface area contributed by atoms with Crippen molar-refractivity contribution in [2.45, 2.75) is 62.2 Å². The number of nitrogen functional groups attached to an aromatic ring is 1. The maximum absolute atomic E-state index is 12.9. The molecule has 0 radical (unpaired) electrons. The number of aryl methyl sites for hydroxylation is 1. The summed E-state index contributed by atoms with van der Waals surface area (Å²) in [5, 5.41) is 15.2. The predicted molar refractivity (Wildman–Crippen MR) is 131 cm³/mol. The van der Waals surface area contributed by atoms with E-state index < -0.39 is 15.7 Å². The van der Waals surface area contributed by atoms with E-state index in [1.165, 1.54) is 11.6 Å². The van der Waals surface area contributed by atoms with Crippen LogP contribution in [-0.2, 0) is 10.0 Å². The predicted octanol–water partition coefficient (Wildman–Crippen LogP) is 2.77. The summed E-state index contributed by atoms with van der Waals surface area (Å²) in [5.74, 6) is 0.0811. The summed E-state index contributed by atoms with van der Waals surface area (Å²) >= 11 is 0. The van der Waals surface area contributed by atoms with E-state index in [0.29, 0.717) is 18.5 Å². The van der Waals surface area contributed by atoms with E-state index in [2.05, 4.69) is 27.1 Å². The van der Waals surface area contributed by atoms with Crippen LogP contribution in [0.4, 0.5) is 5.69 Å². The highest BCUT2D eigenvalue weighted by Crippen LogP contribution is 2.39. The second kappa shape index (κ2) is 9.72. The van der Waals surface area contributed by atoms with E-state index in [4.69, 9.17) is 5.73 Å². The number of nitrogens with zero attached hydrogens (tertiary/aromatic N) is 1. The zero-order chi connectivity index (χ0) is 23.6. The van der Waals surface area contributed by atoms with Gasteiger partial charge >= 0.3 is 0 Å². The average Bonchev–Trinajstić information content (AvgIpc) is 2.81. The first-order valence-corrected chi connectivity index (χ1v) is 13.3. The largest absolute Gasteiger partial charge is 0.398 e. The van der Waals surface area contributed by atoms with E-state index in [1.807, 2.05) is 32.0 Å². The first-order valence-electron chi connectivity index (χ1n) is 11.8. The Hall–Kier alpha value is -1.97. The maximum atomic E-state index is 12.9. The molecule has 2 fully saturated rings. The molecule has 0 aromatic heterocycles. The molecule has 1 saturated heterocycles. The molecule has 2 aromatic rings. The summed E-state index contributed by atoms with van der Waals surface area (Å²) in [6.07, 6.45) is 2.93. The highest BCUT2D eigenvalue weighted by molar-refractivity contribution is 7.89. The SMILES string of the molecule is Cc1ccc(S(=O)(=O)N[C@H]2CC[C@H](C(C)(O)N3CCNC[C@@H]3c3ccccc3)CC2)cc1N. The second-order valence-electron chi connectivity index (χ2n) is 9.61. The lowest BCUT2D eigenvalue weighted by Crippen LogP contribution is -2.60. The normalized spacial score (nSPS) is 26.6. The van der Waals surface area contributed by atoms with Gasteiger partial charge in [-0.2, -0.15) is 0 Å². The number of nitrogens with one attached hydrogen (secondary N) is 2. The summed E-state index contributed by atoms with van der Waals surface area (Å²) in [5.41, 5.74) is 7.48. The van der Waals surface area contributed by atoms with Crippen LogP contribution < -0.4 is 15.8 Å². The molecule has 7 nitrogen and oxygen atoms in total. The molecule has 2 aromatic carbocycles. The van der Waals surface area contributed by atoms with Crippen LogP contribution in [0.25, 0.3) is 0 Å². The number of benzene rings is 2. The van der Waals surface area contributed by atoms with Crippen LogP contribution in [0.2, 0.25) is 0 Å². The highest BCUT2D eigenvalue weighted by Gasteiger charge is 2.44. The Morgan fingerprint density at radius 3 is 2.48 bits per heavy atom. The first kappa shape index (κ1) is 24.2. The molecule has 8 heteroatoms. The highest BCUT2D eigenvalue weighted by atomic mass is 32.2. The van der Waals surface area contributed by atoms with Gasteiger partial charge in [0.15, 0.2) is 0 Å². The Kier molecular flexibility index (Phi) is 7.12. The Bertz CT molecular complexity index is 1050. The van der Waals surface area contributed by atoms with Crippen LogP contribution in [0.3, 0.4) is 0 Å². The molecule has 2 atom stereocenters. The van der Waals surface area contributed by atoms with E-state index in [9.17, 15) is 13.5 Å². The van der Waals surface area contributed by atoms with Crippen molar-refractivity contribution in [1.82, 2.24) is 14.9 Å². The third kappa shape index (κ3) is 5.25. The molecule has 0 spiro atoms. The van der Waals surface area contributed by atoms with Gasteiger partial charge in [-0.25, -0.2) is 13.1 Å². The second-order valence-corrected chi connectivity index (χ2v) is 11.3. The minimum atomic E-state index is -3.63. The summed E-state index contributed by atoms with van der Waals surface area (Å²) < 4.78 is 28.6. The fourth-order valence-electron chi connectivity index (χ4n) is 5.28. The molecule has 1 unspecified atom stereocenters. The van der Waals surface area contributed by atoms with Crippen LogP contribution in [0, 0.1) is 12.8 Å². The molecule has 1 aliphatic carbocycles. The van der Waals surface area contributed by atoms with Crippen molar-refractivity contribution in [2.24, 2.45) is 5.92 Å². The minimum absolute atomic E-state index is 0.0811. The fraction of sp³-hybridized carbons (Fsp3) is 0.520. The molecule has 4 rings (SSSR count). The van der Waals surface area contributed by atoms with Crippen LogP contribution >= 0.6 is 0 Å². The summed E-state index contributed by atoms with van der Waals surface area (Å²) in [6, 6.07) is 15.1. The van der Waals surface area contributed by atoms with Gasteiger partial charge in [-0.3, -0.25) is 4.90 Å². The maximum Gasteiger partial charge on any atom is 0.240 e. The average molecular weight is 473 g/mol. The molecule has 2 aliphatic rings. The molecule has 1 aliphatic heterocycles. The Morgan fingerprint density at radius 1 is 1.12 bits per heavy atom. The van der Waals surface area contributed by atoms with Gasteiger partial charge in [-0.1, -0.05) is 36.4 Å². The van der Waals surface area contributed by atoms with E-state index in [-0.39, 0.29) is 22.9 Å². The monoisotopic (exact) mass is 472 g/mol. The molecule has 1 saturated carbocycles. The zero-order valence-corrected chi connectivity index (χ0v) is 20.3. The van der Waals surface area contributed by atoms with Crippen molar-refractivity contribution < 1.29 is 13.5 Å². The Morgan fingerprint density at radius 2 is 1.82 bits per heavy atom. The number of piperazine rings is 1. The van der Waals surface area contributed by atoms with Gasteiger partial charge < -0.3 is 16.2 Å². The standard InChI is InChI=1S/C25H36N4O3S/c1-18-8-13-22(16-23(18)26)33(31,32)28-21-11-9-20(10-12-21)25(2,30)29-15-14-27-17-24(29)19-6-4-3-5-7-19/h3-8,13,16,20-21,24,27-28,30H,9-12,14-15,17,26H2,1-2H3/t20-,21-,24-,25?/m1/s1. The van der Waals surface area contributed by atoms with Crippen molar-refractivity contribution in [1.29, 1.82) is 0 Å². The molecular weight excluding hydrogens is 436 g/mol. The number of rotatable bonds is 6. The third-order valence-corrected chi connectivity index (χ3v) is 8.91. The molecular formula is C25H36N4O3S. The molecule has 5 N–H and O–H groups in total. The minimum Gasteiger partial charge on any atom is -0.398 e. The van der Waals surface area contributed by atoms with Crippen molar-refractivity contribution in [3.05, 3.63) is 59.7 Å².